The summed E-state index contributed by atoms with van der Waals surface area (Å²) in [5.41, 5.74) is -0.528. The quantitative estimate of drug-likeness (QED) is 0.852. The molecule has 1 aromatic rings. The van der Waals surface area contributed by atoms with Crippen LogP contribution < -0.4 is 10.9 Å². The van der Waals surface area contributed by atoms with E-state index in [2.05, 4.69) is 20.2 Å². The van der Waals surface area contributed by atoms with Gasteiger partial charge in [-0.15, -0.1) is 0 Å². The number of aromatic nitrogens is 2. The van der Waals surface area contributed by atoms with Gasteiger partial charge in [-0.25, -0.2) is 4.98 Å². The van der Waals surface area contributed by atoms with Crippen LogP contribution in [0.2, 0.25) is 0 Å². The van der Waals surface area contributed by atoms with Gasteiger partial charge in [-0.05, 0) is 26.9 Å². The molecule has 1 heterocycles. The zero-order valence-electron chi connectivity index (χ0n) is 12.1. The third-order valence-corrected chi connectivity index (χ3v) is 4.23. The summed E-state index contributed by atoms with van der Waals surface area (Å²) < 4.78 is 0. The second-order valence-electron chi connectivity index (χ2n) is 5.63. The van der Waals surface area contributed by atoms with Gasteiger partial charge in [-0.3, -0.25) is 9.59 Å². The summed E-state index contributed by atoms with van der Waals surface area (Å²) in [6, 6.07) is 0. The van der Waals surface area contributed by atoms with E-state index in [0.717, 1.165) is 12.8 Å². The largest absolute Gasteiger partial charge is 0.349 e. The molecule has 0 atom stereocenters. The van der Waals surface area contributed by atoms with Gasteiger partial charge in [-0.1, -0.05) is 19.3 Å². The fourth-order valence-corrected chi connectivity index (χ4v) is 2.83. The molecule has 0 aromatic carbocycles. The number of hydrogen-bond acceptors (Lipinski definition) is 4. The molecule has 0 bridgehead atoms. The Morgan fingerprint density at radius 1 is 1.40 bits per heavy atom. The van der Waals surface area contributed by atoms with Crippen molar-refractivity contribution in [2.45, 2.75) is 37.6 Å². The van der Waals surface area contributed by atoms with E-state index < -0.39 is 11.5 Å². The summed E-state index contributed by atoms with van der Waals surface area (Å²) >= 11 is 0. The standard InChI is InChI=1S/C14H22N4O2/c1-18(2)14(6-4-3-5-7-14)10-17-13(20)11-12(19)16-9-8-15-11/h8-9H,3-7,10H2,1-2H3,(H,16,19)(H,17,20). The summed E-state index contributed by atoms with van der Waals surface area (Å²) in [4.78, 5) is 32.1. The number of H-pyrrole nitrogens is 1. The second-order valence-corrected chi connectivity index (χ2v) is 5.63. The van der Waals surface area contributed by atoms with Gasteiger partial charge >= 0.3 is 0 Å². The van der Waals surface area contributed by atoms with E-state index in [0.29, 0.717) is 6.54 Å². The van der Waals surface area contributed by atoms with E-state index in [1.54, 1.807) is 0 Å². The predicted octanol–water partition coefficient (Wildman–Crippen LogP) is 0.764. The van der Waals surface area contributed by atoms with Crippen molar-refractivity contribution >= 4 is 5.91 Å². The maximum Gasteiger partial charge on any atom is 0.279 e. The lowest BCUT2D eigenvalue weighted by molar-refractivity contribution is 0.0795. The molecule has 1 aliphatic rings. The van der Waals surface area contributed by atoms with Gasteiger partial charge in [-0.2, -0.15) is 0 Å². The van der Waals surface area contributed by atoms with Crippen LogP contribution in [0.5, 0.6) is 0 Å². The Kier molecular flexibility index (Phi) is 4.54. The summed E-state index contributed by atoms with van der Waals surface area (Å²) in [6.45, 7) is 0.550. The molecule has 0 unspecified atom stereocenters. The number of rotatable bonds is 4. The van der Waals surface area contributed by atoms with Crippen molar-refractivity contribution in [3.05, 3.63) is 28.4 Å². The Morgan fingerprint density at radius 2 is 2.10 bits per heavy atom. The smallest absolute Gasteiger partial charge is 0.279 e. The number of aromatic amines is 1. The molecule has 0 saturated heterocycles. The number of hydrogen-bond donors (Lipinski definition) is 2. The monoisotopic (exact) mass is 278 g/mol. The number of carbonyl (C=O) groups excluding carboxylic acids is 1. The van der Waals surface area contributed by atoms with Crippen molar-refractivity contribution in [1.29, 1.82) is 0 Å². The summed E-state index contributed by atoms with van der Waals surface area (Å²) in [6.07, 6.45) is 8.58. The van der Waals surface area contributed by atoms with Crippen LogP contribution in [-0.2, 0) is 0 Å². The molecule has 6 nitrogen and oxygen atoms in total. The van der Waals surface area contributed by atoms with Crippen LogP contribution in [0.1, 0.15) is 42.6 Å². The molecule has 1 aliphatic carbocycles. The fourth-order valence-electron chi connectivity index (χ4n) is 2.83. The molecular formula is C14H22N4O2. The van der Waals surface area contributed by atoms with E-state index in [4.69, 9.17) is 0 Å². The lowest BCUT2D eigenvalue weighted by atomic mass is 9.80. The van der Waals surface area contributed by atoms with Crippen molar-refractivity contribution in [2.75, 3.05) is 20.6 Å². The highest BCUT2D eigenvalue weighted by molar-refractivity contribution is 5.91. The molecule has 0 aliphatic heterocycles. The normalized spacial score (nSPS) is 17.9. The Hall–Kier alpha value is -1.69. The average Bonchev–Trinajstić information content (AvgIpc) is 2.46. The number of carbonyl (C=O) groups is 1. The predicted molar refractivity (Wildman–Crippen MR) is 76.7 cm³/mol. The van der Waals surface area contributed by atoms with E-state index in [1.165, 1.54) is 31.7 Å². The molecule has 1 saturated carbocycles. The Bertz CT molecular complexity index is 518. The van der Waals surface area contributed by atoms with Gasteiger partial charge in [0.25, 0.3) is 11.5 Å². The van der Waals surface area contributed by atoms with Crippen LogP contribution in [-0.4, -0.2) is 47.0 Å². The summed E-state index contributed by atoms with van der Waals surface area (Å²) in [5, 5.41) is 2.87. The molecule has 1 aromatic heterocycles. The SMILES string of the molecule is CN(C)C1(CNC(=O)c2ncc[nH]c2=O)CCCCC1. The molecule has 2 N–H and O–H groups in total. The van der Waals surface area contributed by atoms with Crippen LogP contribution in [0, 0.1) is 0 Å². The molecule has 1 fully saturated rings. The minimum atomic E-state index is -0.451. The van der Waals surface area contributed by atoms with Gasteiger partial charge in [0.15, 0.2) is 5.69 Å². The fraction of sp³-hybridized carbons (Fsp3) is 0.643. The molecule has 110 valence electrons. The topological polar surface area (TPSA) is 78.1 Å². The van der Waals surface area contributed by atoms with E-state index in [9.17, 15) is 9.59 Å². The highest BCUT2D eigenvalue weighted by Crippen LogP contribution is 2.31. The Labute approximate surface area is 118 Å². The van der Waals surface area contributed by atoms with Crippen LogP contribution >= 0.6 is 0 Å². The molecule has 20 heavy (non-hydrogen) atoms. The zero-order valence-corrected chi connectivity index (χ0v) is 12.1. The Morgan fingerprint density at radius 3 is 2.70 bits per heavy atom. The minimum absolute atomic E-state index is 0.00451. The highest BCUT2D eigenvalue weighted by Gasteiger charge is 2.34. The Balaban J connectivity index is 2.05. The minimum Gasteiger partial charge on any atom is -0.349 e. The lowest BCUT2D eigenvalue weighted by Gasteiger charge is -2.43. The van der Waals surface area contributed by atoms with Crippen molar-refractivity contribution < 1.29 is 4.79 Å². The van der Waals surface area contributed by atoms with Gasteiger partial charge in [0, 0.05) is 24.5 Å². The van der Waals surface area contributed by atoms with Crippen LogP contribution in [0.15, 0.2) is 17.2 Å². The number of likely N-dealkylation sites (N-methyl/N-ethyl adjacent to an activating group) is 1. The summed E-state index contributed by atoms with van der Waals surface area (Å²) in [5.74, 6) is -0.404. The van der Waals surface area contributed by atoms with Crippen molar-refractivity contribution in [2.24, 2.45) is 0 Å². The average molecular weight is 278 g/mol. The molecule has 0 spiro atoms. The van der Waals surface area contributed by atoms with Gasteiger partial charge in [0.2, 0.25) is 0 Å². The summed E-state index contributed by atoms with van der Waals surface area (Å²) in [7, 11) is 4.09. The molecule has 1 amide bonds. The molecule has 6 heteroatoms. The first-order valence-corrected chi connectivity index (χ1v) is 7.04. The van der Waals surface area contributed by atoms with E-state index in [1.807, 2.05) is 14.1 Å². The number of nitrogens with zero attached hydrogens (tertiary/aromatic N) is 2. The first-order chi connectivity index (χ1) is 9.55. The second kappa shape index (κ2) is 6.17. The van der Waals surface area contributed by atoms with Crippen molar-refractivity contribution in [3.8, 4) is 0 Å². The van der Waals surface area contributed by atoms with Crippen LogP contribution in [0.3, 0.4) is 0 Å². The van der Waals surface area contributed by atoms with E-state index in [-0.39, 0.29) is 11.2 Å². The molecule has 2 rings (SSSR count). The van der Waals surface area contributed by atoms with Crippen LogP contribution in [0.25, 0.3) is 0 Å². The lowest BCUT2D eigenvalue weighted by Crippen LogP contribution is -2.54. The third kappa shape index (κ3) is 3.07. The number of nitrogens with one attached hydrogen (secondary N) is 2. The maximum absolute atomic E-state index is 12.1. The van der Waals surface area contributed by atoms with Crippen molar-refractivity contribution in [1.82, 2.24) is 20.2 Å². The first-order valence-electron chi connectivity index (χ1n) is 7.04. The first kappa shape index (κ1) is 14.7. The van der Waals surface area contributed by atoms with E-state index >= 15 is 0 Å². The van der Waals surface area contributed by atoms with Crippen molar-refractivity contribution in [3.63, 3.8) is 0 Å². The van der Waals surface area contributed by atoms with Gasteiger partial charge in [0.1, 0.15) is 0 Å². The van der Waals surface area contributed by atoms with Crippen LogP contribution in [0.4, 0.5) is 0 Å². The van der Waals surface area contributed by atoms with Gasteiger partial charge in [0.05, 0.1) is 0 Å². The zero-order chi connectivity index (χ0) is 14.6. The highest BCUT2D eigenvalue weighted by atomic mass is 16.2. The third-order valence-electron chi connectivity index (χ3n) is 4.23. The maximum atomic E-state index is 12.1. The number of amides is 1. The van der Waals surface area contributed by atoms with Gasteiger partial charge < -0.3 is 15.2 Å². The molecule has 0 radical (unpaired) electrons. The molecular weight excluding hydrogens is 256 g/mol.